The van der Waals surface area contributed by atoms with Crippen LogP contribution < -0.4 is 10.6 Å². The number of hydrogen-bond acceptors (Lipinski definition) is 4. The van der Waals surface area contributed by atoms with Gasteiger partial charge in [0.05, 0.1) is 5.69 Å². The topological polar surface area (TPSA) is 49.8 Å². The lowest BCUT2D eigenvalue weighted by Gasteiger charge is -2.12. The lowest BCUT2D eigenvalue weighted by Crippen LogP contribution is -2.13. The molecule has 1 heterocycles. The molecule has 0 spiro atoms. The molecule has 0 aliphatic carbocycles. The number of hydrogen-bond donors (Lipinski definition) is 2. The van der Waals surface area contributed by atoms with E-state index in [0.717, 1.165) is 6.07 Å². The lowest BCUT2D eigenvalue weighted by molar-refractivity contribution is -0.144. The summed E-state index contributed by atoms with van der Waals surface area (Å²) in [5.74, 6) is -2.26. The van der Waals surface area contributed by atoms with Crippen LogP contribution >= 0.6 is 11.6 Å². The Morgan fingerprint density at radius 3 is 2.38 bits per heavy atom. The summed E-state index contributed by atoms with van der Waals surface area (Å²) in [6.07, 6.45) is -4.71. The van der Waals surface area contributed by atoms with Gasteiger partial charge in [-0.2, -0.15) is 13.2 Å². The largest absolute Gasteiger partial charge is 0.451 e. The van der Waals surface area contributed by atoms with E-state index >= 15 is 0 Å². The van der Waals surface area contributed by atoms with Crippen LogP contribution in [0.1, 0.15) is 5.82 Å². The minimum atomic E-state index is -4.71. The first kappa shape index (κ1) is 15.3. The average Bonchev–Trinajstić information content (AvgIpc) is 2.41. The Labute approximate surface area is 122 Å². The van der Waals surface area contributed by atoms with E-state index in [0.29, 0.717) is 0 Å². The first-order valence-electron chi connectivity index (χ1n) is 5.65. The van der Waals surface area contributed by atoms with Gasteiger partial charge in [-0.3, -0.25) is 0 Å². The van der Waals surface area contributed by atoms with Crippen LogP contribution in [-0.4, -0.2) is 17.0 Å². The van der Waals surface area contributed by atoms with E-state index in [4.69, 9.17) is 11.6 Å². The van der Waals surface area contributed by atoms with Crippen molar-refractivity contribution in [1.29, 1.82) is 0 Å². The summed E-state index contributed by atoms with van der Waals surface area (Å²) in [6, 6.07) is 4.87. The van der Waals surface area contributed by atoms with Gasteiger partial charge in [-0.25, -0.2) is 14.4 Å². The number of nitrogens with zero attached hydrogens (tertiary/aromatic N) is 2. The molecule has 112 valence electrons. The molecule has 4 nitrogen and oxygen atoms in total. The van der Waals surface area contributed by atoms with Crippen LogP contribution in [0.3, 0.4) is 0 Å². The van der Waals surface area contributed by atoms with E-state index in [1.54, 1.807) is 0 Å². The van der Waals surface area contributed by atoms with Gasteiger partial charge in [0.25, 0.3) is 0 Å². The van der Waals surface area contributed by atoms with Crippen molar-refractivity contribution in [2.45, 2.75) is 6.18 Å². The lowest BCUT2D eigenvalue weighted by atomic mass is 10.3. The molecular weight excluding hydrogens is 312 g/mol. The molecule has 1 aromatic heterocycles. The van der Waals surface area contributed by atoms with Crippen LogP contribution in [0.15, 0.2) is 24.3 Å². The monoisotopic (exact) mass is 320 g/mol. The average molecular weight is 321 g/mol. The van der Waals surface area contributed by atoms with Crippen LogP contribution in [0.4, 0.5) is 34.9 Å². The standard InChI is InChI=1S/C12H9ClF4N4/c1-18-9-5-10(21-11(20-9)12(15,16)17)19-8-4-6(13)2-3-7(8)14/h2-5H,1H3,(H2,18,19,20,21). The first-order chi connectivity index (χ1) is 9.79. The summed E-state index contributed by atoms with van der Waals surface area (Å²) < 4.78 is 51.6. The Hall–Kier alpha value is -2.09. The summed E-state index contributed by atoms with van der Waals surface area (Å²) in [5.41, 5.74) is -0.0867. The predicted octanol–water partition coefficient (Wildman–Crippen LogP) is 4.07. The maximum atomic E-state index is 13.6. The van der Waals surface area contributed by atoms with Crippen molar-refractivity contribution < 1.29 is 17.6 Å². The van der Waals surface area contributed by atoms with Crippen LogP contribution in [0, 0.1) is 5.82 Å². The maximum absolute atomic E-state index is 13.6. The van der Waals surface area contributed by atoms with Gasteiger partial charge in [0.1, 0.15) is 17.5 Å². The fourth-order valence-corrected chi connectivity index (χ4v) is 1.67. The van der Waals surface area contributed by atoms with E-state index in [1.165, 1.54) is 25.2 Å². The molecule has 9 heteroatoms. The highest BCUT2D eigenvalue weighted by Crippen LogP contribution is 2.30. The molecule has 21 heavy (non-hydrogen) atoms. The normalized spacial score (nSPS) is 11.3. The van der Waals surface area contributed by atoms with E-state index in [-0.39, 0.29) is 22.3 Å². The Bertz CT molecular complexity index is 660. The molecule has 2 rings (SSSR count). The zero-order valence-corrected chi connectivity index (χ0v) is 11.3. The molecule has 2 N–H and O–H groups in total. The zero-order chi connectivity index (χ0) is 15.6. The highest BCUT2D eigenvalue weighted by Gasteiger charge is 2.35. The van der Waals surface area contributed by atoms with Gasteiger partial charge in [0, 0.05) is 18.1 Å². The number of benzene rings is 1. The molecule has 0 fully saturated rings. The fourth-order valence-electron chi connectivity index (χ4n) is 1.50. The van der Waals surface area contributed by atoms with Crippen molar-refractivity contribution in [3.63, 3.8) is 0 Å². The molecule has 0 atom stereocenters. The molecule has 0 aliphatic rings. The van der Waals surface area contributed by atoms with Gasteiger partial charge in [-0.05, 0) is 18.2 Å². The molecule has 0 amide bonds. The summed E-state index contributed by atoms with van der Waals surface area (Å²) in [5, 5.41) is 5.16. The van der Waals surface area contributed by atoms with Gasteiger partial charge in [0.15, 0.2) is 0 Å². The van der Waals surface area contributed by atoms with E-state index in [9.17, 15) is 17.6 Å². The minimum Gasteiger partial charge on any atom is -0.373 e. The Morgan fingerprint density at radius 2 is 1.76 bits per heavy atom. The van der Waals surface area contributed by atoms with Crippen molar-refractivity contribution in [3.8, 4) is 0 Å². The van der Waals surface area contributed by atoms with Crippen molar-refractivity contribution in [3.05, 3.63) is 40.9 Å². The number of halogens is 5. The Balaban J connectivity index is 2.42. The summed E-state index contributed by atoms with van der Waals surface area (Å²) >= 11 is 5.71. The third-order valence-corrected chi connectivity index (χ3v) is 2.66. The van der Waals surface area contributed by atoms with Gasteiger partial charge < -0.3 is 10.6 Å². The number of aromatic nitrogens is 2. The van der Waals surface area contributed by atoms with E-state index in [2.05, 4.69) is 20.6 Å². The SMILES string of the molecule is CNc1cc(Nc2cc(Cl)ccc2F)nc(C(F)(F)F)n1. The number of anilines is 3. The third-order valence-electron chi connectivity index (χ3n) is 2.43. The van der Waals surface area contributed by atoms with Crippen LogP contribution in [0.25, 0.3) is 0 Å². The number of alkyl halides is 3. The molecule has 0 unspecified atom stereocenters. The highest BCUT2D eigenvalue weighted by molar-refractivity contribution is 6.30. The number of nitrogens with one attached hydrogen (secondary N) is 2. The van der Waals surface area contributed by atoms with Crippen LogP contribution in [0.2, 0.25) is 5.02 Å². The van der Waals surface area contributed by atoms with E-state index in [1.807, 2.05) is 0 Å². The van der Waals surface area contributed by atoms with Crippen LogP contribution in [-0.2, 0) is 6.18 Å². The Kier molecular flexibility index (Phi) is 4.17. The van der Waals surface area contributed by atoms with Crippen molar-refractivity contribution >= 4 is 28.9 Å². The number of rotatable bonds is 3. The van der Waals surface area contributed by atoms with Gasteiger partial charge >= 0.3 is 6.18 Å². The van der Waals surface area contributed by atoms with Gasteiger partial charge in [-0.1, -0.05) is 11.6 Å². The summed E-state index contributed by atoms with van der Waals surface area (Å²) in [7, 11) is 1.41. The van der Waals surface area contributed by atoms with Crippen LogP contribution in [0.5, 0.6) is 0 Å². The third kappa shape index (κ3) is 3.72. The summed E-state index contributed by atoms with van der Waals surface area (Å²) in [6.45, 7) is 0. The predicted molar refractivity (Wildman–Crippen MR) is 71.3 cm³/mol. The minimum absolute atomic E-state index is 0.0535. The molecule has 0 aliphatic heterocycles. The molecule has 0 saturated heterocycles. The fraction of sp³-hybridized carbons (Fsp3) is 0.167. The van der Waals surface area contributed by atoms with Crippen molar-refractivity contribution in [2.75, 3.05) is 17.7 Å². The summed E-state index contributed by atoms with van der Waals surface area (Å²) in [4.78, 5) is 6.62. The molecule has 2 aromatic rings. The van der Waals surface area contributed by atoms with Crippen molar-refractivity contribution in [1.82, 2.24) is 9.97 Å². The maximum Gasteiger partial charge on any atom is 0.451 e. The smallest absolute Gasteiger partial charge is 0.373 e. The molecule has 1 aromatic carbocycles. The molecule has 0 bridgehead atoms. The zero-order valence-electron chi connectivity index (χ0n) is 10.6. The first-order valence-corrected chi connectivity index (χ1v) is 6.03. The van der Waals surface area contributed by atoms with Gasteiger partial charge in [0.2, 0.25) is 5.82 Å². The van der Waals surface area contributed by atoms with Crippen molar-refractivity contribution in [2.24, 2.45) is 0 Å². The molecule has 0 radical (unpaired) electrons. The molecule has 0 saturated carbocycles. The second kappa shape index (κ2) is 5.72. The van der Waals surface area contributed by atoms with Gasteiger partial charge in [-0.15, -0.1) is 0 Å². The second-order valence-corrected chi connectivity index (χ2v) is 4.40. The quantitative estimate of drug-likeness (QED) is 0.837. The highest BCUT2D eigenvalue weighted by atomic mass is 35.5. The second-order valence-electron chi connectivity index (χ2n) is 3.96. The molecular formula is C12H9ClF4N4. The Morgan fingerprint density at radius 1 is 1.10 bits per heavy atom. The van der Waals surface area contributed by atoms with E-state index < -0.39 is 17.8 Å².